The third kappa shape index (κ3) is 3.38. The molecule has 2 heterocycles. The van der Waals surface area contributed by atoms with E-state index in [1.165, 1.54) is 5.56 Å². The van der Waals surface area contributed by atoms with Crippen LogP contribution in [0.3, 0.4) is 0 Å². The van der Waals surface area contributed by atoms with Crippen molar-refractivity contribution in [2.45, 2.75) is 11.4 Å². The van der Waals surface area contributed by atoms with Crippen LogP contribution in [0.25, 0.3) is 22.3 Å². The number of pyridine rings is 1. The van der Waals surface area contributed by atoms with E-state index in [0.29, 0.717) is 11.6 Å². The molecule has 6 heteroatoms. The molecule has 0 bridgehead atoms. The van der Waals surface area contributed by atoms with Gasteiger partial charge in [-0.2, -0.15) is 0 Å². The highest BCUT2D eigenvalue weighted by Gasteiger charge is 2.13. The number of fused-ring (bicyclic) bond motifs is 1. The number of benzene rings is 2. The number of aromatic nitrogens is 4. The van der Waals surface area contributed by atoms with Crippen LogP contribution < -0.4 is 0 Å². The van der Waals surface area contributed by atoms with Crippen molar-refractivity contribution in [3.63, 3.8) is 0 Å². The van der Waals surface area contributed by atoms with Gasteiger partial charge in [-0.1, -0.05) is 47.1 Å². The van der Waals surface area contributed by atoms with Gasteiger partial charge in [0.2, 0.25) is 0 Å². The molecule has 0 aliphatic rings. The summed E-state index contributed by atoms with van der Waals surface area (Å²) in [6, 6.07) is 18.0. The van der Waals surface area contributed by atoms with Crippen LogP contribution >= 0.6 is 23.4 Å². The van der Waals surface area contributed by atoms with Gasteiger partial charge in [0.1, 0.15) is 11.4 Å². The fourth-order valence-electron chi connectivity index (χ4n) is 2.72. The molecule has 0 aliphatic heterocycles. The average Bonchev–Trinajstić information content (AvgIpc) is 3.09. The van der Waals surface area contributed by atoms with E-state index in [1.807, 2.05) is 53.5 Å². The molecule has 0 fully saturated rings. The highest BCUT2D eigenvalue weighted by atomic mass is 35.5. The quantitative estimate of drug-likeness (QED) is 0.481. The largest absolute Gasteiger partial charge is 0.247 e. The minimum Gasteiger partial charge on any atom is -0.247 e. The number of hydrogen-bond donors (Lipinski definition) is 0. The van der Waals surface area contributed by atoms with Crippen LogP contribution in [0.1, 0.15) is 5.56 Å². The van der Waals surface area contributed by atoms with Crippen molar-refractivity contribution in [2.75, 3.05) is 6.26 Å². The third-order valence-corrected chi connectivity index (χ3v) is 4.92. The Labute approximate surface area is 154 Å². The van der Waals surface area contributed by atoms with Gasteiger partial charge in [0.05, 0.1) is 18.3 Å². The first-order chi connectivity index (χ1) is 12.2. The zero-order chi connectivity index (χ0) is 17.2. The lowest BCUT2D eigenvalue weighted by molar-refractivity contribution is 0.650. The SMILES string of the molecule is CSc1cc2cc(Cl)ccc2nc1-c1cn(Cc2ccccc2)nn1. The predicted octanol–water partition coefficient (Wildman–Crippen LogP) is 4.92. The Morgan fingerprint density at radius 1 is 1.08 bits per heavy atom. The molecule has 4 nitrogen and oxygen atoms in total. The van der Waals surface area contributed by atoms with Crippen LogP contribution in [-0.2, 0) is 6.54 Å². The first-order valence-electron chi connectivity index (χ1n) is 7.81. The molecule has 4 aromatic rings. The van der Waals surface area contributed by atoms with Gasteiger partial charge in [-0.3, -0.25) is 0 Å². The van der Waals surface area contributed by atoms with Crippen LogP contribution in [0.5, 0.6) is 0 Å². The van der Waals surface area contributed by atoms with Gasteiger partial charge < -0.3 is 0 Å². The summed E-state index contributed by atoms with van der Waals surface area (Å²) >= 11 is 7.73. The van der Waals surface area contributed by atoms with E-state index >= 15 is 0 Å². The molecule has 0 aliphatic carbocycles. The van der Waals surface area contributed by atoms with Gasteiger partial charge in [0.15, 0.2) is 0 Å². The maximum atomic E-state index is 6.09. The van der Waals surface area contributed by atoms with Crippen molar-refractivity contribution in [3.05, 3.63) is 71.4 Å². The standard InChI is InChI=1S/C19H15ClN4S/c1-25-18-10-14-9-15(20)7-8-16(14)21-19(18)17-12-24(23-22-17)11-13-5-3-2-4-6-13/h2-10,12H,11H2,1H3. The van der Waals surface area contributed by atoms with Crippen LogP contribution in [0.2, 0.25) is 5.02 Å². The number of halogens is 1. The molecule has 0 saturated carbocycles. The van der Waals surface area contributed by atoms with Crippen molar-refractivity contribution in [1.29, 1.82) is 0 Å². The van der Waals surface area contributed by atoms with Crippen molar-refractivity contribution < 1.29 is 0 Å². The average molecular weight is 367 g/mol. The summed E-state index contributed by atoms with van der Waals surface area (Å²) in [6.45, 7) is 0.686. The molecule has 0 spiro atoms. The maximum Gasteiger partial charge on any atom is 0.132 e. The van der Waals surface area contributed by atoms with Crippen LogP contribution in [-0.4, -0.2) is 26.2 Å². The first kappa shape index (κ1) is 16.1. The van der Waals surface area contributed by atoms with Crippen molar-refractivity contribution in [2.24, 2.45) is 0 Å². The molecule has 0 unspecified atom stereocenters. The van der Waals surface area contributed by atoms with Crippen molar-refractivity contribution in [3.8, 4) is 11.4 Å². The van der Waals surface area contributed by atoms with Crippen LogP contribution in [0, 0.1) is 0 Å². The Morgan fingerprint density at radius 3 is 2.72 bits per heavy atom. The Morgan fingerprint density at radius 2 is 1.92 bits per heavy atom. The molecule has 4 rings (SSSR count). The van der Waals surface area contributed by atoms with Crippen molar-refractivity contribution >= 4 is 34.3 Å². The minimum absolute atomic E-state index is 0.686. The lowest BCUT2D eigenvalue weighted by Crippen LogP contribution is -1.99. The molecule has 0 atom stereocenters. The first-order valence-corrected chi connectivity index (χ1v) is 9.42. The number of hydrogen-bond acceptors (Lipinski definition) is 4. The van der Waals surface area contributed by atoms with Gasteiger partial charge in [-0.05, 0) is 36.1 Å². The fraction of sp³-hybridized carbons (Fsp3) is 0.105. The smallest absolute Gasteiger partial charge is 0.132 e. The summed E-state index contributed by atoms with van der Waals surface area (Å²) in [4.78, 5) is 5.84. The zero-order valence-corrected chi connectivity index (χ0v) is 15.1. The van der Waals surface area contributed by atoms with Gasteiger partial charge in [-0.15, -0.1) is 16.9 Å². The van der Waals surface area contributed by atoms with Crippen LogP contribution in [0.15, 0.2) is 65.7 Å². The summed E-state index contributed by atoms with van der Waals surface area (Å²) < 4.78 is 1.84. The van der Waals surface area contributed by atoms with E-state index in [9.17, 15) is 0 Å². The topological polar surface area (TPSA) is 43.6 Å². The lowest BCUT2D eigenvalue weighted by Gasteiger charge is -2.06. The van der Waals surface area contributed by atoms with E-state index < -0.39 is 0 Å². The number of nitrogens with zero attached hydrogens (tertiary/aromatic N) is 4. The van der Waals surface area contributed by atoms with Gasteiger partial charge in [0, 0.05) is 15.3 Å². The fourth-order valence-corrected chi connectivity index (χ4v) is 3.49. The summed E-state index contributed by atoms with van der Waals surface area (Å²) in [5.74, 6) is 0. The molecule has 0 amide bonds. The second-order valence-electron chi connectivity index (χ2n) is 5.66. The van der Waals surface area contributed by atoms with Gasteiger partial charge in [-0.25, -0.2) is 9.67 Å². The Hall–Kier alpha value is -2.37. The zero-order valence-electron chi connectivity index (χ0n) is 13.6. The van der Waals surface area contributed by atoms with Gasteiger partial charge >= 0.3 is 0 Å². The van der Waals surface area contributed by atoms with E-state index in [-0.39, 0.29) is 0 Å². The molecule has 124 valence electrons. The Balaban J connectivity index is 1.73. The predicted molar refractivity (Wildman–Crippen MR) is 103 cm³/mol. The summed E-state index contributed by atoms with van der Waals surface area (Å²) in [5, 5.41) is 10.3. The summed E-state index contributed by atoms with van der Waals surface area (Å²) in [5.41, 5.74) is 3.71. The molecule has 0 saturated heterocycles. The van der Waals surface area contributed by atoms with E-state index in [2.05, 4.69) is 28.5 Å². The number of rotatable bonds is 4. The molecule has 2 aromatic heterocycles. The highest BCUT2D eigenvalue weighted by molar-refractivity contribution is 7.98. The number of thioether (sulfide) groups is 1. The lowest BCUT2D eigenvalue weighted by atomic mass is 10.2. The Kier molecular flexibility index (Phi) is 4.42. The van der Waals surface area contributed by atoms with E-state index in [1.54, 1.807) is 11.8 Å². The normalized spacial score (nSPS) is 11.1. The minimum atomic E-state index is 0.686. The van der Waals surface area contributed by atoms with E-state index in [0.717, 1.165) is 27.2 Å². The second-order valence-corrected chi connectivity index (χ2v) is 6.95. The highest BCUT2D eigenvalue weighted by Crippen LogP contribution is 2.31. The molecular weight excluding hydrogens is 352 g/mol. The molecule has 2 aromatic carbocycles. The molecule has 25 heavy (non-hydrogen) atoms. The third-order valence-electron chi connectivity index (χ3n) is 3.93. The van der Waals surface area contributed by atoms with Gasteiger partial charge in [0.25, 0.3) is 0 Å². The van der Waals surface area contributed by atoms with Crippen molar-refractivity contribution in [1.82, 2.24) is 20.0 Å². The summed E-state index contributed by atoms with van der Waals surface area (Å²) in [7, 11) is 0. The molecular formula is C19H15ClN4S. The Bertz CT molecular complexity index is 1030. The second kappa shape index (κ2) is 6.86. The molecule has 0 N–H and O–H groups in total. The van der Waals surface area contributed by atoms with Crippen LogP contribution in [0.4, 0.5) is 0 Å². The summed E-state index contributed by atoms with van der Waals surface area (Å²) in [6.07, 6.45) is 3.97. The monoisotopic (exact) mass is 366 g/mol. The van der Waals surface area contributed by atoms with E-state index in [4.69, 9.17) is 16.6 Å². The molecule has 0 radical (unpaired) electrons. The maximum absolute atomic E-state index is 6.09.